The third-order valence-electron chi connectivity index (χ3n) is 5.41. The van der Waals surface area contributed by atoms with Crippen molar-refractivity contribution in [2.24, 2.45) is 0 Å². The van der Waals surface area contributed by atoms with Crippen LogP contribution in [0.4, 0.5) is 4.79 Å². The van der Waals surface area contributed by atoms with E-state index in [4.69, 9.17) is 4.98 Å². The van der Waals surface area contributed by atoms with Gasteiger partial charge in [0.2, 0.25) is 0 Å². The van der Waals surface area contributed by atoms with E-state index in [9.17, 15) is 14.4 Å². The van der Waals surface area contributed by atoms with Crippen LogP contribution in [0.1, 0.15) is 32.5 Å². The molecule has 160 valence electrons. The lowest BCUT2D eigenvalue weighted by molar-refractivity contribution is 0.118. The van der Waals surface area contributed by atoms with E-state index in [-0.39, 0.29) is 11.6 Å². The molecular formula is C19H31N7O3. The molecule has 1 aliphatic rings. The number of hydrogen-bond acceptors (Lipinski definition) is 5. The summed E-state index contributed by atoms with van der Waals surface area (Å²) in [5.41, 5.74) is 0.129. The number of aryl methyl sites for hydroxylation is 2. The van der Waals surface area contributed by atoms with Gasteiger partial charge in [-0.15, -0.1) is 0 Å². The summed E-state index contributed by atoms with van der Waals surface area (Å²) in [7, 11) is 3.52. The monoisotopic (exact) mass is 405 g/mol. The Bertz CT molecular complexity index is 980. The first kappa shape index (κ1) is 21.1. The zero-order chi connectivity index (χ0) is 21.1. The highest BCUT2D eigenvalue weighted by Gasteiger charge is 2.24. The van der Waals surface area contributed by atoms with Gasteiger partial charge in [-0.3, -0.25) is 19.2 Å². The molecule has 3 heterocycles. The number of hydrogen-bond donors (Lipinski definition) is 1. The van der Waals surface area contributed by atoms with Crippen molar-refractivity contribution in [2.75, 3.05) is 40.3 Å². The van der Waals surface area contributed by atoms with Gasteiger partial charge in [-0.1, -0.05) is 13.3 Å². The van der Waals surface area contributed by atoms with Crippen molar-refractivity contribution in [3.63, 3.8) is 0 Å². The molecule has 0 aliphatic carbocycles. The number of nitrogens with zero attached hydrogens (tertiary/aromatic N) is 6. The van der Waals surface area contributed by atoms with E-state index in [2.05, 4.69) is 16.8 Å². The maximum absolute atomic E-state index is 12.5. The minimum atomic E-state index is -0.404. The topological polar surface area (TPSA) is 99.5 Å². The van der Waals surface area contributed by atoms with Crippen molar-refractivity contribution >= 4 is 17.2 Å². The first-order chi connectivity index (χ1) is 13.9. The first-order valence-corrected chi connectivity index (χ1v) is 10.3. The van der Waals surface area contributed by atoms with Crippen molar-refractivity contribution in [2.45, 2.75) is 46.3 Å². The molecule has 10 nitrogen and oxygen atoms in total. The van der Waals surface area contributed by atoms with Crippen LogP contribution in [0.15, 0.2) is 9.59 Å². The van der Waals surface area contributed by atoms with E-state index in [1.54, 1.807) is 23.6 Å². The van der Waals surface area contributed by atoms with Gasteiger partial charge in [-0.05, 0) is 13.3 Å². The molecule has 1 fully saturated rings. The van der Waals surface area contributed by atoms with Gasteiger partial charge in [0.25, 0.3) is 5.56 Å². The van der Waals surface area contributed by atoms with Gasteiger partial charge >= 0.3 is 11.7 Å². The third kappa shape index (κ3) is 4.21. The molecule has 3 rings (SSSR count). The number of amides is 2. The summed E-state index contributed by atoms with van der Waals surface area (Å²) in [6.45, 7) is 8.54. The molecule has 29 heavy (non-hydrogen) atoms. The van der Waals surface area contributed by atoms with Crippen molar-refractivity contribution < 1.29 is 4.79 Å². The second-order valence-electron chi connectivity index (χ2n) is 7.65. The number of piperazine rings is 1. The minimum Gasteiger partial charge on any atom is -0.331 e. The molecule has 1 aliphatic heterocycles. The predicted octanol–water partition coefficient (Wildman–Crippen LogP) is 0.506. The number of unbranched alkanes of at least 4 members (excludes halogenated alkanes) is 1. The second kappa shape index (κ2) is 8.81. The second-order valence-corrected chi connectivity index (χ2v) is 7.65. The summed E-state index contributed by atoms with van der Waals surface area (Å²) in [6.07, 6.45) is 1.79. The number of urea groups is 1. The summed E-state index contributed by atoms with van der Waals surface area (Å²) >= 11 is 0. The molecule has 2 aromatic rings. The number of carbonyl (C=O) groups excluding carboxylic acids is 1. The molecule has 2 aromatic heterocycles. The van der Waals surface area contributed by atoms with E-state index in [0.717, 1.165) is 31.8 Å². The van der Waals surface area contributed by atoms with Crippen LogP contribution in [0.25, 0.3) is 11.2 Å². The Morgan fingerprint density at radius 3 is 2.38 bits per heavy atom. The zero-order valence-corrected chi connectivity index (χ0v) is 17.8. The number of nitrogens with one attached hydrogen (secondary N) is 1. The Balaban J connectivity index is 1.87. The summed E-state index contributed by atoms with van der Waals surface area (Å²) in [5.74, 6) is 0.774. The maximum atomic E-state index is 12.5. The lowest BCUT2D eigenvalue weighted by Gasteiger charge is -2.35. The van der Waals surface area contributed by atoms with E-state index in [0.29, 0.717) is 43.9 Å². The summed E-state index contributed by atoms with van der Waals surface area (Å²) in [4.78, 5) is 49.8. The fourth-order valence-corrected chi connectivity index (χ4v) is 3.78. The SMILES string of the molecule is CCCCn1c(=O)[nH]c(=O)c2c1nc(CN1CCN(C(=O)N(C)C)CC1)n2CC. The number of aromatic amines is 1. The molecule has 1 N–H and O–H groups in total. The molecule has 0 radical (unpaired) electrons. The minimum absolute atomic E-state index is 0.0249. The van der Waals surface area contributed by atoms with Gasteiger partial charge < -0.3 is 14.4 Å². The van der Waals surface area contributed by atoms with Crippen LogP contribution in [-0.2, 0) is 19.6 Å². The zero-order valence-electron chi connectivity index (χ0n) is 17.8. The molecule has 1 saturated heterocycles. The maximum Gasteiger partial charge on any atom is 0.330 e. The highest BCUT2D eigenvalue weighted by atomic mass is 16.2. The number of fused-ring (bicyclic) bond motifs is 1. The van der Waals surface area contributed by atoms with Crippen LogP contribution >= 0.6 is 0 Å². The van der Waals surface area contributed by atoms with Gasteiger partial charge in [-0.25, -0.2) is 14.6 Å². The quantitative estimate of drug-likeness (QED) is 0.755. The fraction of sp³-hybridized carbons (Fsp3) is 0.684. The van der Waals surface area contributed by atoms with Gasteiger partial charge in [-0.2, -0.15) is 0 Å². The average Bonchev–Trinajstić information content (AvgIpc) is 3.06. The van der Waals surface area contributed by atoms with E-state index >= 15 is 0 Å². The number of rotatable bonds is 6. The standard InChI is InChI=1S/C19H31N7O3/c1-5-7-8-26-16-15(17(27)21-18(26)28)25(6-2)14(20-16)13-23-9-11-24(12-10-23)19(29)22(3)4/h5-13H2,1-4H3,(H,21,27,28). The van der Waals surface area contributed by atoms with Crippen LogP contribution < -0.4 is 11.2 Å². The molecule has 0 atom stereocenters. The fourth-order valence-electron chi connectivity index (χ4n) is 3.78. The molecule has 0 spiro atoms. The Kier molecular flexibility index (Phi) is 6.41. The largest absolute Gasteiger partial charge is 0.331 e. The molecule has 10 heteroatoms. The normalized spacial score (nSPS) is 15.2. The summed E-state index contributed by atoms with van der Waals surface area (Å²) in [5, 5.41) is 0. The molecule has 0 saturated carbocycles. The first-order valence-electron chi connectivity index (χ1n) is 10.3. The van der Waals surface area contributed by atoms with Crippen LogP contribution in [0, 0.1) is 0 Å². The Hall–Kier alpha value is -2.62. The molecule has 0 unspecified atom stereocenters. The van der Waals surface area contributed by atoms with Gasteiger partial charge in [0.05, 0.1) is 6.54 Å². The number of aromatic nitrogens is 4. The Morgan fingerprint density at radius 2 is 1.79 bits per heavy atom. The Labute approximate surface area is 169 Å². The molecule has 0 aromatic carbocycles. The van der Waals surface area contributed by atoms with Crippen molar-refractivity contribution in [1.82, 2.24) is 33.8 Å². The van der Waals surface area contributed by atoms with E-state index in [1.807, 2.05) is 16.4 Å². The number of imidazole rings is 1. The number of carbonyl (C=O) groups is 1. The smallest absolute Gasteiger partial charge is 0.330 e. The van der Waals surface area contributed by atoms with Crippen molar-refractivity contribution in [1.29, 1.82) is 0 Å². The van der Waals surface area contributed by atoms with Crippen LogP contribution in [-0.4, -0.2) is 80.1 Å². The van der Waals surface area contributed by atoms with Crippen LogP contribution in [0.5, 0.6) is 0 Å². The predicted molar refractivity (Wildman–Crippen MR) is 111 cm³/mol. The number of H-pyrrole nitrogens is 1. The van der Waals surface area contributed by atoms with Crippen LogP contribution in [0.3, 0.4) is 0 Å². The van der Waals surface area contributed by atoms with Gasteiger partial charge in [0.1, 0.15) is 5.82 Å². The van der Waals surface area contributed by atoms with Gasteiger partial charge in [0.15, 0.2) is 11.2 Å². The average molecular weight is 406 g/mol. The summed E-state index contributed by atoms with van der Waals surface area (Å²) < 4.78 is 3.47. The van der Waals surface area contributed by atoms with Crippen LogP contribution in [0.2, 0.25) is 0 Å². The van der Waals surface area contributed by atoms with Crippen molar-refractivity contribution in [3.05, 3.63) is 26.7 Å². The Morgan fingerprint density at radius 1 is 1.10 bits per heavy atom. The highest BCUT2D eigenvalue weighted by molar-refractivity contribution is 5.74. The third-order valence-corrected chi connectivity index (χ3v) is 5.41. The van der Waals surface area contributed by atoms with Crippen molar-refractivity contribution in [3.8, 4) is 0 Å². The molecule has 0 bridgehead atoms. The van der Waals surface area contributed by atoms with Gasteiger partial charge in [0, 0.05) is 53.4 Å². The van der Waals surface area contributed by atoms with E-state index in [1.165, 1.54) is 0 Å². The summed E-state index contributed by atoms with van der Waals surface area (Å²) in [6, 6.07) is 0.0249. The lowest BCUT2D eigenvalue weighted by atomic mass is 10.3. The molecule has 2 amide bonds. The molecular weight excluding hydrogens is 374 g/mol. The van der Waals surface area contributed by atoms with E-state index < -0.39 is 5.69 Å². The highest BCUT2D eigenvalue weighted by Crippen LogP contribution is 2.15. The lowest BCUT2D eigenvalue weighted by Crippen LogP contribution is -2.51.